The zero-order chi connectivity index (χ0) is 14.3. The van der Waals surface area contributed by atoms with Crippen LogP contribution in [0.4, 0.5) is 4.39 Å². The lowest BCUT2D eigenvalue weighted by molar-refractivity contribution is -0.123. The standard InChI is InChI=1S/C14H21FN2O2/c1-4-16-10(3)11-6-7-13(12(15)8-11)19-9-14(18)17-5-2/h6-8,10,16H,4-5,9H2,1-3H3,(H,17,18). The van der Waals surface area contributed by atoms with Crippen LogP contribution in [0, 0.1) is 5.82 Å². The molecule has 0 aliphatic rings. The molecule has 0 aliphatic carbocycles. The third-order valence-corrected chi connectivity index (χ3v) is 2.70. The van der Waals surface area contributed by atoms with Gasteiger partial charge in [-0.15, -0.1) is 0 Å². The monoisotopic (exact) mass is 268 g/mol. The minimum Gasteiger partial charge on any atom is -0.481 e. The highest BCUT2D eigenvalue weighted by molar-refractivity contribution is 5.77. The smallest absolute Gasteiger partial charge is 0.257 e. The molecule has 0 saturated heterocycles. The maximum absolute atomic E-state index is 13.8. The van der Waals surface area contributed by atoms with Gasteiger partial charge in [-0.3, -0.25) is 4.79 Å². The van der Waals surface area contributed by atoms with Crippen molar-refractivity contribution in [1.82, 2.24) is 10.6 Å². The number of hydrogen-bond acceptors (Lipinski definition) is 3. The molecule has 0 aliphatic heterocycles. The molecule has 0 spiro atoms. The third kappa shape index (κ3) is 4.87. The normalized spacial score (nSPS) is 12.0. The first-order valence-corrected chi connectivity index (χ1v) is 6.50. The topological polar surface area (TPSA) is 50.4 Å². The number of likely N-dealkylation sites (N-methyl/N-ethyl adjacent to an activating group) is 1. The van der Waals surface area contributed by atoms with Gasteiger partial charge in [-0.25, -0.2) is 4.39 Å². The molecule has 1 atom stereocenters. The molecule has 0 radical (unpaired) electrons. The highest BCUT2D eigenvalue weighted by Crippen LogP contribution is 2.21. The Morgan fingerprint density at radius 2 is 2.11 bits per heavy atom. The number of amides is 1. The molecule has 1 unspecified atom stereocenters. The predicted octanol–water partition coefficient (Wildman–Crippen LogP) is 2.01. The summed E-state index contributed by atoms with van der Waals surface area (Å²) in [4.78, 5) is 11.2. The summed E-state index contributed by atoms with van der Waals surface area (Å²) >= 11 is 0. The van der Waals surface area contributed by atoms with Crippen molar-refractivity contribution in [2.45, 2.75) is 26.8 Å². The maximum Gasteiger partial charge on any atom is 0.257 e. The Bertz CT molecular complexity index is 424. The average molecular weight is 268 g/mol. The van der Waals surface area contributed by atoms with Crippen molar-refractivity contribution in [3.05, 3.63) is 29.6 Å². The summed E-state index contributed by atoms with van der Waals surface area (Å²) in [5.41, 5.74) is 0.852. The van der Waals surface area contributed by atoms with Crippen LogP contribution in [0.25, 0.3) is 0 Å². The van der Waals surface area contributed by atoms with Gasteiger partial charge in [-0.1, -0.05) is 13.0 Å². The minimum absolute atomic E-state index is 0.0805. The van der Waals surface area contributed by atoms with Gasteiger partial charge < -0.3 is 15.4 Å². The second-order valence-corrected chi connectivity index (χ2v) is 4.21. The van der Waals surface area contributed by atoms with Gasteiger partial charge in [0.25, 0.3) is 5.91 Å². The summed E-state index contributed by atoms with van der Waals surface area (Å²) in [6.45, 7) is 6.95. The largest absolute Gasteiger partial charge is 0.481 e. The first-order valence-electron chi connectivity index (χ1n) is 6.50. The van der Waals surface area contributed by atoms with Gasteiger partial charge in [0.15, 0.2) is 18.2 Å². The minimum atomic E-state index is -0.452. The molecule has 2 N–H and O–H groups in total. The van der Waals surface area contributed by atoms with Crippen LogP contribution in [0.1, 0.15) is 32.4 Å². The first-order chi connectivity index (χ1) is 9.08. The lowest BCUT2D eigenvalue weighted by Gasteiger charge is -2.14. The summed E-state index contributed by atoms with van der Waals surface area (Å²) in [5, 5.41) is 5.79. The van der Waals surface area contributed by atoms with Crippen molar-refractivity contribution in [2.75, 3.05) is 19.7 Å². The van der Waals surface area contributed by atoms with E-state index in [-0.39, 0.29) is 24.3 Å². The summed E-state index contributed by atoms with van der Waals surface area (Å²) in [6, 6.07) is 4.86. The number of hydrogen-bond donors (Lipinski definition) is 2. The van der Waals surface area contributed by atoms with E-state index in [1.807, 2.05) is 20.8 Å². The molecular weight excluding hydrogens is 247 g/mol. The number of ether oxygens (including phenoxy) is 1. The Hall–Kier alpha value is -1.62. The number of nitrogens with one attached hydrogen (secondary N) is 2. The third-order valence-electron chi connectivity index (χ3n) is 2.70. The highest BCUT2D eigenvalue weighted by Gasteiger charge is 2.10. The number of carbonyl (C=O) groups excluding carboxylic acids is 1. The molecule has 0 fully saturated rings. The fourth-order valence-electron chi connectivity index (χ4n) is 1.72. The molecule has 0 aromatic heterocycles. The molecule has 1 aromatic rings. The fraction of sp³-hybridized carbons (Fsp3) is 0.500. The average Bonchev–Trinajstić information content (AvgIpc) is 2.38. The molecule has 0 bridgehead atoms. The van der Waals surface area contributed by atoms with E-state index < -0.39 is 5.82 Å². The second-order valence-electron chi connectivity index (χ2n) is 4.21. The van der Waals surface area contributed by atoms with Crippen molar-refractivity contribution >= 4 is 5.91 Å². The molecule has 1 aromatic carbocycles. The van der Waals surface area contributed by atoms with Gasteiger partial charge in [0.05, 0.1) is 0 Å². The van der Waals surface area contributed by atoms with Crippen molar-refractivity contribution in [1.29, 1.82) is 0 Å². The fourth-order valence-corrected chi connectivity index (χ4v) is 1.72. The van der Waals surface area contributed by atoms with Crippen molar-refractivity contribution in [2.24, 2.45) is 0 Å². The molecule has 0 saturated carbocycles. The van der Waals surface area contributed by atoms with Gasteiger partial charge in [0.2, 0.25) is 0 Å². The Kier molecular flexibility index (Phi) is 6.29. The lowest BCUT2D eigenvalue weighted by Crippen LogP contribution is -2.28. The highest BCUT2D eigenvalue weighted by atomic mass is 19.1. The Morgan fingerprint density at radius 3 is 2.68 bits per heavy atom. The van der Waals surface area contributed by atoms with Gasteiger partial charge >= 0.3 is 0 Å². The zero-order valence-electron chi connectivity index (χ0n) is 11.6. The van der Waals surface area contributed by atoms with E-state index in [0.29, 0.717) is 6.54 Å². The van der Waals surface area contributed by atoms with Crippen molar-refractivity contribution < 1.29 is 13.9 Å². The number of benzene rings is 1. The summed E-state index contributed by atoms with van der Waals surface area (Å²) in [7, 11) is 0. The van der Waals surface area contributed by atoms with E-state index >= 15 is 0 Å². The SMILES string of the molecule is CCNC(=O)COc1ccc(C(C)NCC)cc1F. The molecule has 5 heteroatoms. The molecule has 1 rings (SSSR count). The molecule has 0 heterocycles. The van der Waals surface area contributed by atoms with Gasteiger partial charge in [0, 0.05) is 12.6 Å². The van der Waals surface area contributed by atoms with E-state index in [2.05, 4.69) is 10.6 Å². The number of halogens is 1. The molecule has 1 amide bonds. The van der Waals surface area contributed by atoms with E-state index in [1.54, 1.807) is 12.1 Å². The van der Waals surface area contributed by atoms with E-state index in [1.165, 1.54) is 6.07 Å². The quantitative estimate of drug-likeness (QED) is 0.795. The van der Waals surface area contributed by atoms with Crippen LogP contribution in [-0.2, 0) is 4.79 Å². The second kappa shape index (κ2) is 7.74. The summed E-state index contributed by atoms with van der Waals surface area (Å²) in [6.07, 6.45) is 0. The predicted molar refractivity (Wildman–Crippen MR) is 72.7 cm³/mol. The van der Waals surface area contributed by atoms with E-state index in [4.69, 9.17) is 4.74 Å². The van der Waals surface area contributed by atoms with E-state index in [0.717, 1.165) is 12.1 Å². The molecule has 4 nitrogen and oxygen atoms in total. The molecule has 19 heavy (non-hydrogen) atoms. The van der Waals surface area contributed by atoms with Crippen LogP contribution in [0.2, 0.25) is 0 Å². The first kappa shape index (κ1) is 15.4. The number of rotatable bonds is 7. The van der Waals surface area contributed by atoms with Gasteiger partial charge in [-0.05, 0) is 38.1 Å². The van der Waals surface area contributed by atoms with Crippen molar-refractivity contribution in [3.63, 3.8) is 0 Å². The van der Waals surface area contributed by atoms with Crippen LogP contribution >= 0.6 is 0 Å². The van der Waals surface area contributed by atoms with Crippen LogP contribution in [0.3, 0.4) is 0 Å². The zero-order valence-corrected chi connectivity index (χ0v) is 11.6. The maximum atomic E-state index is 13.8. The van der Waals surface area contributed by atoms with Crippen molar-refractivity contribution in [3.8, 4) is 5.75 Å². The Labute approximate surface area is 113 Å². The molecular formula is C14H21FN2O2. The van der Waals surface area contributed by atoms with Crippen LogP contribution < -0.4 is 15.4 Å². The lowest BCUT2D eigenvalue weighted by atomic mass is 10.1. The number of carbonyl (C=O) groups is 1. The van der Waals surface area contributed by atoms with Gasteiger partial charge in [0.1, 0.15) is 0 Å². The molecule has 106 valence electrons. The van der Waals surface area contributed by atoms with Gasteiger partial charge in [-0.2, -0.15) is 0 Å². The van der Waals surface area contributed by atoms with Crippen LogP contribution in [-0.4, -0.2) is 25.6 Å². The summed E-state index contributed by atoms with van der Waals surface area (Å²) in [5.74, 6) is -0.614. The van der Waals surface area contributed by atoms with E-state index in [9.17, 15) is 9.18 Å². The van der Waals surface area contributed by atoms with Crippen LogP contribution in [0.5, 0.6) is 5.75 Å². The summed E-state index contributed by atoms with van der Waals surface area (Å²) < 4.78 is 18.9. The Balaban J connectivity index is 2.64. The Morgan fingerprint density at radius 1 is 1.37 bits per heavy atom. The van der Waals surface area contributed by atoms with Crippen LogP contribution in [0.15, 0.2) is 18.2 Å².